The lowest BCUT2D eigenvalue weighted by molar-refractivity contribution is 0.0526. The highest BCUT2D eigenvalue weighted by molar-refractivity contribution is 8.01. The third-order valence-corrected chi connectivity index (χ3v) is 4.45. The minimum atomic E-state index is -0.334. The minimum absolute atomic E-state index is 0.334. The van der Waals surface area contributed by atoms with Crippen LogP contribution in [0.5, 0.6) is 0 Å². The summed E-state index contributed by atoms with van der Waals surface area (Å²) in [6.07, 6.45) is 0. The predicted octanol–water partition coefficient (Wildman–Crippen LogP) is 3.36. The fourth-order valence-corrected chi connectivity index (χ4v) is 3.31. The topological polar surface area (TPSA) is 65.2 Å². The number of anilines is 1. The molecule has 0 amide bonds. The van der Waals surface area contributed by atoms with Crippen molar-refractivity contribution in [3.05, 3.63) is 34.8 Å². The number of nitrogen functional groups attached to an aromatic ring is 1. The van der Waals surface area contributed by atoms with Crippen molar-refractivity contribution < 1.29 is 9.53 Å². The predicted molar refractivity (Wildman–Crippen MR) is 77.8 cm³/mol. The van der Waals surface area contributed by atoms with Crippen LogP contribution < -0.4 is 5.73 Å². The number of nitrogens with zero attached hydrogens (tertiary/aromatic N) is 1. The molecule has 0 aliphatic rings. The van der Waals surface area contributed by atoms with Gasteiger partial charge in [-0.1, -0.05) is 11.8 Å². The molecule has 2 rings (SSSR count). The largest absolute Gasteiger partial charge is 0.462 e. The second-order valence-corrected chi connectivity index (χ2v) is 5.98. The van der Waals surface area contributed by atoms with Crippen molar-refractivity contribution in [3.8, 4) is 0 Å². The number of carbonyl (C=O) groups excluding carboxylic acids is 1. The number of aryl methyl sites for hydroxylation is 1. The molecule has 0 aliphatic carbocycles. The summed E-state index contributed by atoms with van der Waals surface area (Å²) in [5, 5.41) is 1.98. The highest BCUT2D eigenvalue weighted by Gasteiger charge is 2.11. The summed E-state index contributed by atoms with van der Waals surface area (Å²) in [4.78, 5) is 16.9. The molecular weight excluding hydrogens is 280 g/mol. The molecule has 6 heteroatoms. The van der Waals surface area contributed by atoms with Crippen LogP contribution in [0.1, 0.15) is 23.0 Å². The fourth-order valence-electron chi connectivity index (χ4n) is 1.44. The van der Waals surface area contributed by atoms with E-state index in [1.54, 1.807) is 36.5 Å². The van der Waals surface area contributed by atoms with Crippen LogP contribution in [0.25, 0.3) is 0 Å². The van der Waals surface area contributed by atoms with E-state index in [0.29, 0.717) is 17.9 Å². The van der Waals surface area contributed by atoms with Crippen LogP contribution in [0.15, 0.2) is 32.8 Å². The zero-order valence-corrected chi connectivity index (χ0v) is 12.3. The second kappa shape index (κ2) is 6.08. The lowest BCUT2D eigenvalue weighted by Gasteiger charge is -2.06. The first-order valence-electron chi connectivity index (χ1n) is 5.76. The summed E-state index contributed by atoms with van der Waals surface area (Å²) in [7, 11) is 0. The standard InChI is InChI=1S/C13H14N2O2S2/c1-3-17-12(16)9-4-5-10(14)11(6-9)19-13-15-8(2)7-18-13/h4-7H,3,14H2,1-2H3. The molecule has 19 heavy (non-hydrogen) atoms. The lowest BCUT2D eigenvalue weighted by atomic mass is 10.2. The van der Waals surface area contributed by atoms with Crippen LogP contribution >= 0.6 is 23.1 Å². The van der Waals surface area contributed by atoms with Gasteiger partial charge in [0.2, 0.25) is 0 Å². The number of aromatic nitrogens is 1. The van der Waals surface area contributed by atoms with Gasteiger partial charge in [-0.25, -0.2) is 9.78 Å². The van der Waals surface area contributed by atoms with Crippen molar-refractivity contribution in [1.82, 2.24) is 4.98 Å². The van der Waals surface area contributed by atoms with Gasteiger partial charge in [-0.15, -0.1) is 11.3 Å². The third-order valence-electron chi connectivity index (χ3n) is 2.32. The Hall–Kier alpha value is -1.53. The van der Waals surface area contributed by atoms with Gasteiger partial charge in [0, 0.05) is 21.7 Å². The number of carbonyl (C=O) groups is 1. The van der Waals surface area contributed by atoms with Crippen molar-refractivity contribution in [2.75, 3.05) is 12.3 Å². The van der Waals surface area contributed by atoms with Crippen molar-refractivity contribution in [2.24, 2.45) is 0 Å². The third kappa shape index (κ3) is 3.48. The van der Waals surface area contributed by atoms with Crippen LogP contribution in [-0.2, 0) is 4.74 Å². The number of ether oxygens (including phenoxy) is 1. The van der Waals surface area contributed by atoms with Gasteiger partial charge in [0.15, 0.2) is 4.34 Å². The molecule has 1 aromatic carbocycles. The van der Waals surface area contributed by atoms with E-state index in [-0.39, 0.29) is 5.97 Å². The van der Waals surface area contributed by atoms with Gasteiger partial charge in [0.05, 0.1) is 12.2 Å². The van der Waals surface area contributed by atoms with Crippen LogP contribution in [0.4, 0.5) is 5.69 Å². The number of hydrogen-bond acceptors (Lipinski definition) is 6. The van der Waals surface area contributed by atoms with E-state index in [1.807, 2.05) is 12.3 Å². The lowest BCUT2D eigenvalue weighted by Crippen LogP contribution is -2.05. The Kier molecular flexibility index (Phi) is 4.44. The monoisotopic (exact) mass is 294 g/mol. The molecule has 4 nitrogen and oxygen atoms in total. The molecule has 0 spiro atoms. The number of benzene rings is 1. The maximum absolute atomic E-state index is 11.7. The quantitative estimate of drug-likeness (QED) is 0.692. The Balaban J connectivity index is 2.24. The zero-order valence-electron chi connectivity index (χ0n) is 10.7. The summed E-state index contributed by atoms with van der Waals surface area (Å²) in [6, 6.07) is 5.13. The molecule has 0 aliphatic heterocycles. The van der Waals surface area contributed by atoms with E-state index < -0.39 is 0 Å². The van der Waals surface area contributed by atoms with Crippen LogP contribution in [0.3, 0.4) is 0 Å². The number of esters is 1. The molecule has 2 aromatic rings. The Bertz CT molecular complexity index is 596. The molecule has 0 bridgehead atoms. The number of thiazole rings is 1. The van der Waals surface area contributed by atoms with Crippen LogP contribution in [-0.4, -0.2) is 17.6 Å². The van der Waals surface area contributed by atoms with Gasteiger partial charge in [-0.2, -0.15) is 0 Å². The van der Waals surface area contributed by atoms with E-state index in [0.717, 1.165) is 14.9 Å². The van der Waals surface area contributed by atoms with Crippen LogP contribution in [0, 0.1) is 6.92 Å². The summed E-state index contributed by atoms with van der Waals surface area (Å²) >= 11 is 3.02. The highest BCUT2D eigenvalue weighted by Crippen LogP contribution is 2.34. The summed E-state index contributed by atoms with van der Waals surface area (Å²) < 4.78 is 5.88. The SMILES string of the molecule is CCOC(=O)c1ccc(N)c(Sc2nc(C)cs2)c1. The average molecular weight is 294 g/mol. The average Bonchev–Trinajstić information content (AvgIpc) is 2.78. The normalized spacial score (nSPS) is 10.4. The molecule has 0 saturated carbocycles. The summed E-state index contributed by atoms with van der Waals surface area (Å²) in [5.41, 5.74) is 8.04. The second-order valence-electron chi connectivity index (χ2n) is 3.83. The Morgan fingerprint density at radius 3 is 2.95 bits per heavy atom. The van der Waals surface area contributed by atoms with Gasteiger partial charge in [-0.3, -0.25) is 0 Å². The number of nitrogens with two attached hydrogens (primary N) is 1. The molecule has 1 heterocycles. The molecule has 0 atom stereocenters. The molecule has 1 aromatic heterocycles. The maximum atomic E-state index is 11.7. The zero-order chi connectivity index (χ0) is 13.8. The Morgan fingerprint density at radius 2 is 2.32 bits per heavy atom. The first kappa shape index (κ1) is 13.9. The van der Waals surface area contributed by atoms with Gasteiger partial charge in [0.1, 0.15) is 0 Å². The van der Waals surface area contributed by atoms with E-state index >= 15 is 0 Å². The van der Waals surface area contributed by atoms with Gasteiger partial charge in [0.25, 0.3) is 0 Å². The highest BCUT2D eigenvalue weighted by atomic mass is 32.2. The Morgan fingerprint density at radius 1 is 1.53 bits per heavy atom. The van der Waals surface area contributed by atoms with E-state index in [9.17, 15) is 4.79 Å². The van der Waals surface area contributed by atoms with Gasteiger partial charge < -0.3 is 10.5 Å². The molecule has 2 N–H and O–H groups in total. The Labute approximate surface area is 120 Å². The maximum Gasteiger partial charge on any atom is 0.338 e. The summed E-state index contributed by atoms with van der Waals surface area (Å²) in [5.74, 6) is -0.334. The fraction of sp³-hybridized carbons (Fsp3) is 0.231. The minimum Gasteiger partial charge on any atom is -0.462 e. The van der Waals surface area contributed by atoms with E-state index in [2.05, 4.69) is 4.98 Å². The van der Waals surface area contributed by atoms with Gasteiger partial charge in [-0.05, 0) is 32.0 Å². The number of rotatable bonds is 4. The van der Waals surface area contributed by atoms with Gasteiger partial charge >= 0.3 is 5.97 Å². The number of hydrogen-bond donors (Lipinski definition) is 1. The van der Waals surface area contributed by atoms with Crippen molar-refractivity contribution in [1.29, 1.82) is 0 Å². The van der Waals surface area contributed by atoms with E-state index in [4.69, 9.17) is 10.5 Å². The van der Waals surface area contributed by atoms with E-state index in [1.165, 1.54) is 11.8 Å². The molecular formula is C13H14N2O2S2. The van der Waals surface area contributed by atoms with Crippen LogP contribution in [0.2, 0.25) is 0 Å². The smallest absolute Gasteiger partial charge is 0.338 e. The van der Waals surface area contributed by atoms with Crippen molar-refractivity contribution in [2.45, 2.75) is 23.1 Å². The molecule has 0 fully saturated rings. The molecule has 100 valence electrons. The first-order valence-corrected chi connectivity index (χ1v) is 7.46. The van der Waals surface area contributed by atoms with Crippen molar-refractivity contribution >= 4 is 34.8 Å². The molecule has 0 unspecified atom stereocenters. The molecule has 0 radical (unpaired) electrons. The molecule has 0 saturated heterocycles. The summed E-state index contributed by atoms with van der Waals surface area (Å²) in [6.45, 7) is 4.08. The van der Waals surface area contributed by atoms with Crippen molar-refractivity contribution in [3.63, 3.8) is 0 Å². The first-order chi connectivity index (χ1) is 9.10.